The van der Waals surface area contributed by atoms with E-state index < -0.39 is 0 Å². The quantitative estimate of drug-likeness (QED) is 0.103. The fourth-order valence-electron chi connectivity index (χ4n) is 9.37. The van der Waals surface area contributed by atoms with Crippen molar-refractivity contribution in [1.29, 1.82) is 0 Å². The number of aromatic nitrogens is 20. The molecule has 1 N–H and O–H groups in total. The number of aryl methyl sites for hydroxylation is 10. The first-order valence-corrected chi connectivity index (χ1v) is 28.5. The fraction of sp³-hybridized carbons (Fsp3) is 0.290. The van der Waals surface area contributed by atoms with E-state index in [0.717, 1.165) is 74.8 Å². The molecule has 0 spiro atoms. The van der Waals surface area contributed by atoms with E-state index in [9.17, 15) is 19.2 Å². The highest BCUT2D eigenvalue weighted by Crippen LogP contribution is 2.38. The molecule has 0 aliphatic heterocycles. The van der Waals surface area contributed by atoms with Gasteiger partial charge in [0.1, 0.15) is 49.4 Å². The SMILES string of the molecule is [3H]c1ccc(OCc2[nH]ccc2-n2nnn(C)c2=O)c(C)c1.[3H]c1ccc(OCc2c(-n3nnn(C)c3=O)ccn2C)c(C)c1.[3H]c1ccc(OCc2c(-n3nnn(C)c3=O)ccn2C2CC2)c(C)c1.[3H]c1ccc(OCc2c(-n3nnn(C)c3=O)ccn2CC)c(C)c1. The van der Waals surface area contributed by atoms with Gasteiger partial charge < -0.3 is 37.6 Å². The van der Waals surface area contributed by atoms with Crippen molar-refractivity contribution in [3.63, 3.8) is 0 Å². The van der Waals surface area contributed by atoms with E-state index in [1.807, 2.05) is 81.5 Å². The van der Waals surface area contributed by atoms with Crippen molar-refractivity contribution in [2.75, 3.05) is 0 Å². The van der Waals surface area contributed by atoms with Crippen molar-refractivity contribution >= 4 is 0 Å². The Hall–Kier alpha value is -11.3. The van der Waals surface area contributed by atoms with Crippen molar-refractivity contribution in [3.8, 4) is 45.7 Å². The Morgan fingerprint density at radius 2 is 0.811 bits per heavy atom. The third-order valence-electron chi connectivity index (χ3n) is 14.7. The van der Waals surface area contributed by atoms with Crippen LogP contribution in [0, 0.1) is 27.7 Å². The van der Waals surface area contributed by atoms with Crippen LogP contribution in [0.5, 0.6) is 23.0 Å². The van der Waals surface area contributed by atoms with Crippen LogP contribution >= 0.6 is 0 Å². The number of rotatable bonds is 18. The molecular formula is C62H70N20O8. The molecule has 12 aromatic rings. The maximum absolute atomic E-state index is 12.2. The maximum Gasteiger partial charge on any atom is 0.368 e. The third-order valence-corrected chi connectivity index (χ3v) is 14.7. The predicted octanol–water partition coefficient (Wildman–Crippen LogP) is 6.04. The second-order valence-electron chi connectivity index (χ2n) is 20.9. The summed E-state index contributed by atoms with van der Waals surface area (Å²) in [5.74, 6) is 2.85. The molecule has 90 heavy (non-hydrogen) atoms. The second kappa shape index (κ2) is 27.6. The first kappa shape index (κ1) is 56.5. The van der Waals surface area contributed by atoms with Gasteiger partial charge in [-0.2, -0.15) is 37.5 Å². The van der Waals surface area contributed by atoms with Crippen molar-refractivity contribution in [2.45, 2.75) is 86.5 Å². The molecule has 1 saturated carbocycles. The average molecular weight is 1230 g/mol. The molecule has 4 aromatic carbocycles. The molecule has 28 heteroatoms. The Morgan fingerprint density at radius 1 is 0.444 bits per heavy atom. The lowest BCUT2D eigenvalue weighted by Crippen LogP contribution is -2.23. The van der Waals surface area contributed by atoms with Crippen molar-refractivity contribution in [1.82, 2.24) is 97.8 Å². The summed E-state index contributed by atoms with van der Waals surface area (Å²) in [6.45, 7) is 11.5. The molecule has 0 saturated heterocycles. The topological polar surface area (TPSA) is 278 Å². The molecule has 0 bridgehead atoms. The minimum absolute atomic E-state index is 0.254. The number of para-hydroxylation sites is 4. The van der Waals surface area contributed by atoms with Gasteiger partial charge in [0.25, 0.3) is 0 Å². The zero-order valence-corrected chi connectivity index (χ0v) is 51.3. The standard InChI is InChI=1S/C17H19N5O2.C16H19N5O2.C15H17N5O2.C14H15N5O2/c1-12-5-3-4-6-16(12)24-11-15-14(9-10-21(15)13-7-8-13)22-17(23)20(2)18-19-22;1-4-20-10-9-13(21-16(22)19(3)17-18-21)14(20)11-23-15-8-6-5-7-12(15)2;1-11-6-4-5-7-14(11)22-10-13-12(8-9-18(13)2)20-15(21)19(3)16-17-20;1-10-5-3-4-6-13(10)21-9-11-12(7-8-15-11)19-14(20)18(2)16-17-19/h3-6,9-10,13H,7-8,11H2,1-2H3;5-10H,4,11H2,1-3H3;4-9H,10H2,1-3H3;3-8,15H,9H2,1-2H3/i3T;5T;4T;3T. The summed E-state index contributed by atoms with van der Waals surface area (Å²) < 4.78 is 69.8. The number of tetrazole rings is 4. The summed E-state index contributed by atoms with van der Waals surface area (Å²) in [6, 6.07) is 30.4. The highest BCUT2D eigenvalue weighted by atomic mass is 16.5. The first-order valence-electron chi connectivity index (χ1n) is 30.5. The number of aromatic amines is 1. The largest absolute Gasteiger partial charge is 0.487 e. The van der Waals surface area contributed by atoms with Crippen LogP contribution in [0.3, 0.4) is 0 Å². The van der Waals surface area contributed by atoms with Gasteiger partial charge in [-0.05, 0) is 160 Å². The molecule has 0 radical (unpaired) electrons. The van der Waals surface area contributed by atoms with Crippen LogP contribution in [0.15, 0.2) is 165 Å². The van der Waals surface area contributed by atoms with Crippen LogP contribution in [0.2, 0.25) is 0 Å². The van der Waals surface area contributed by atoms with Gasteiger partial charge in [-0.25, -0.2) is 19.2 Å². The number of nitrogens with zero attached hydrogens (tertiary/aromatic N) is 19. The van der Waals surface area contributed by atoms with E-state index in [1.54, 1.807) is 119 Å². The number of hydrogen-bond donors (Lipinski definition) is 1. The first-order chi connectivity index (χ1) is 45.1. The molecule has 0 atom stereocenters. The molecule has 8 heterocycles. The van der Waals surface area contributed by atoms with E-state index >= 15 is 0 Å². The van der Waals surface area contributed by atoms with Gasteiger partial charge in [0.2, 0.25) is 0 Å². The van der Waals surface area contributed by atoms with Crippen molar-refractivity contribution < 1.29 is 24.4 Å². The summed E-state index contributed by atoms with van der Waals surface area (Å²) in [5, 5.41) is 30.5. The molecule has 1 fully saturated rings. The van der Waals surface area contributed by atoms with Crippen molar-refractivity contribution in [2.24, 2.45) is 35.2 Å². The summed E-state index contributed by atoms with van der Waals surface area (Å²) in [4.78, 5) is 51.3. The summed E-state index contributed by atoms with van der Waals surface area (Å²) >= 11 is 0. The molecule has 1 aliphatic rings. The van der Waals surface area contributed by atoms with E-state index in [2.05, 4.69) is 51.3 Å². The molecular weight excluding hydrogens is 1150 g/mol. The van der Waals surface area contributed by atoms with Crippen LogP contribution in [-0.2, 0) is 68.2 Å². The number of nitrogens with one attached hydrogen (secondary N) is 1. The van der Waals surface area contributed by atoms with Crippen LogP contribution in [-0.4, -0.2) is 97.8 Å². The zero-order chi connectivity index (χ0) is 67.1. The van der Waals surface area contributed by atoms with E-state index in [0.29, 0.717) is 76.8 Å². The molecule has 13 rings (SSSR count). The van der Waals surface area contributed by atoms with E-state index in [-0.39, 0.29) is 42.6 Å². The minimum Gasteiger partial charge on any atom is -0.487 e. The Labute approximate surface area is 521 Å². The van der Waals surface area contributed by atoms with E-state index in [1.165, 1.54) is 32.8 Å². The lowest BCUT2D eigenvalue weighted by molar-refractivity contribution is 0.292. The molecule has 28 nitrogen and oxygen atoms in total. The number of H-pyrrole nitrogens is 1. The Kier molecular flexibility index (Phi) is 17.3. The lowest BCUT2D eigenvalue weighted by Gasteiger charge is -2.13. The second-order valence-corrected chi connectivity index (χ2v) is 20.9. The number of ether oxygens (including phenoxy) is 4. The van der Waals surface area contributed by atoms with Gasteiger partial charge in [-0.1, -0.05) is 72.7 Å². The normalized spacial score (nSPS) is 12.3. The Balaban J connectivity index is 0.000000137. The summed E-state index contributed by atoms with van der Waals surface area (Å²) in [7, 11) is 8.11. The average Bonchev–Trinajstić information content (AvgIpc) is 1.64. The number of hydrogen-bond acceptors (Lipinski definition) is 16. The van der Waals surface area contributed by atoms with Gasteiger partial charge in [0.15, 0.2) is 0 Å². The van der Waals surface area contributed by atoms with Crippen LogP contribution in [0.4, 0.5) is 0 Å². The molecule has 0 amide bonds. The van der Waals surface area contributed by atoms with Gasteiger partial charge >= 0.3 is 22.8 Å². The molecule has 1 aliphatic carbocycles. The predicted molar refractivity (Wildman–Crippen MR) is 332 cm³/mol. The van der Waals surface area contributed by atoms with Crippen LogP contribution in [0.25, 0.3) is 22.7 Å². The van der Waals surface area contributed by atoms with Gasteiger partial charge in [-0.15, -0.1) is 0 Å². The van der Waals surface area contributed by atoms with Gasteiger partial charge in [0.05, 0.1) is 51.0 Å². The van der Waals surface area contributed by atoms with Gasteiger partial charge in [-0.3, -0.25) is 0 Å². The number of benzene rings is 4. The molecule has 466 valence electrons. The zero-order valence-electron chi connectivity index (χ0n) is 55.3. The molecule has 0 unspecified atom stereocenters. The van der Waals surface area contributed by atoms with Crippen molar-refractivity contribution in [3.05, 3.63) is 233 Å². The van der Waals surface area contributed by atoms with Gasteiger partial charge in [0, 0.05) is 72.6 Å². The van der Waals surface area contributed by atoms with E-state index in [4.69, 9.17) is 24.4 Å². The highest BCUT2D eigenvalue weighted by molar-refractivity contribution is 5.42. The summed E-state index contributed by atoms with van der Waals surface area (Å²) in [6.07, 6.45) is 9.69. The third kappa shape index (κ3) is 13.8. The summed E-state index contributed by atoms with van der Waals surface area (Å²) in [5.41, 5.74) is 8.23. The Bertz CT molecular complexity index is 4890. The Morgan fingerprint density at radius 3 is 1.21 bits per heavy atom. The van der Waals surface area contributed by atoms with Crippen LogP contribution in [0.1, 0.15) is 76.3 Å². The monoisotopic (exact) mass is 1230 g/mol. The van der Waals surface area contributed by atoms with Crippen LogP contribution < -0.4 is 41.7 Å². The lowest BCUT2D eigenvalue weighted by atomic mass is 10.2. The smallest absolute Gasteiger partial charge is 0.368 e. The molecule has 8 aromatic heterocycles. The maximum atomic E-state index is 12.2. The minimum atomic E-state index is -0.324. The fourth-order valence-corrected chi connectivity index (χ4v) is 9.37. The highest BCUT2D eigenvalue weighted by Gasteiger charge is 2.28.